The van der Waals surface area contributed by atoms with E-state index in [0.29, 0.717) is 25.9 Å². The van der Waals surface area contributed by atoms with E-state index in [4.69, 9.17) is 0 Å². The Morgan fingerprint density at radius 1 is 1.00 bits per heavy atom. The van der Waals surface area contributed by atoms with Gasteiger partial charge in [-0.3, -0.25) is 9.59 Å². The maximum Gasteiger partial charge on any atom is 0.227 e. The quantitative estimate of drug-likeness (QED) is 0.832. The zero-order valence-electron chi connectivity index (χ0n) is 15.3. The molecule has 0 bridgehead atoms. The van der Waals surface area contributed by atoms with Crippen LogP contribution >= 0.6 is 0 Å². The van der Waals surface area contributed by atoms with Crippen molar-refractivity contribution in [2.24, 2.45) is 0 Å². The molecule has 1 fully saturated rings. The molecule has 1 aliphatic rings. The van der Waals surface area contributed by atoms with Crippen molar-refractivity contribution < 1.29 is 9.59 Å². The van der Waals surface area contributed by atoms with Crippen LogP contribution in [0.5, 0.6) is 0 Å². The van der Waals surface area contributed by atoms with Crippen molar-refractivity contribution in [1.82, 2.24) is 9.80 Å². The molecule has 0 saturated carbocycles. The highest BCUT2D eigenvalue weighted by molar-refractivity contribution is 5.80. The van der Waals surface area contributed by atoms with Gasteiger partial charge in [0.15, 0.2) is 0 Å². The Morgan fingerprint density at radius 2 is 1.67 bits per heavy atom. The maximum atomic E-state index is 12.7. The van der Waals surface area contributed by atoms with E-state index in [1.54, 1.807) is 0 Å². The largest absolute Gasteiger partial charge is 0.341 e. The minimum absolute atomic E-state index is 0.173. The Hall–Kier alpha value is -1.84. The molecule has 0 spiro atoms. The van der Waals surface area contributed by atoms with Gasteiger partial charge in [-0.05, 0) is 37.8 Å². The average molecular weight is 330 g/mol. The molecule has 1 saturated heterocycles. The van der Waals surface area contributed by atoms with E-state index in [-0.39, 0.29) is 11.8 Å². The predicted molar refractivity (Wildman–Crippen MR) is 96.9 cm³/mol. The van der Waals surface area contributed by atoms with E-state index in [1.165, 1.54) is 11.1 Å². The lowest BCUT2D eigenvalue weighted by Gasteiger charge is -2.22. The third kappa shape index (κ3) is 5.08. The van der Waals surface area contributed by atoms with Gasteiger partial charge >= 0.3 is 0 Å². The molecule has 0 aromatic heterocycles. The Balaban J connectivity index is 1.92. The molecule has 0 aliphatic carbocycles. The summed E-state index contributed by atoms with van der Waals surface area (Å²) in [6.07, 6.45) is 3.95. The third-order valence-corrected chi connectivity index (χ3v) is 4.79. The minimum Gasteiger partial charge on any atom is -0.341 e. The standard InChI is InChI=1S/C20H30N2O2/c1-4-5-7-19(23)21-10-6-11-22(13-12-21)20(24)15-18-14-16(2)8-9-17(18)3/h8-9,14H,4-7,10-13,15H2,1-3H3. The van der Waals surface area contributed by atoms with Crippen molar-refractivity contribution in [2.45, 2.75) is 52.9 Å². The van der Waals surface area contributed by atoms with Gasteiger partial charge in [-0.2, -0.15) is 0 Å². The van der Waals surface area contributed by atoms with Gasteiger partial charge in [0, 0.05) is 32.6 Å². The van der Waals surface area contributed by atoms with Crippen LogP contribution in [0.2, 0.25) is 0 Å². The lowest BCUT2D eigenvalue weighted by atomic mass is 10.0. The molecular weight excluding hydrogens is 300 g/mol. The molecule has 0 N–H and O–H groups in total. The van der Waals surface area contributed by atoms with Crippen LogP contribution in [0.4, 0.5) is 0 Å². The molecule has 1 aromatic rings. The second-order valence-electron chi connectivity index (χ2n) is 6.83. The van der Waals surface area contributed by atoms with Crippen LogP contribution in [0, 0.1) is 13.8 Å². The summed E-state index contributed by atoms with van der Waals surface area (Å²) in [6, 6.07) is 6.26. The van der Waals surface area contributed by atoms with E-state index >= 15 is 0 Å². The SMILES string of the molecule is CCCCC(=O)N1CCCN(C(=O)Cc2cc(C)ccc2C)CC1. The Labute approximate surface area is 145 Å². The summed E-state index contributed by atoms with van der Waals surface area (Å²) in [4.78, 5) is 28.7. The number of carbonyl (C=O) groups is 2. The van der Waals surface area contributed by atoms with Crippen molar-refractivity contribution in [3.63, 3.8) is 0 Å². The molecular formula is C20H30N2O2. The van der Waals surface area contributed by atoms with Crippen molar-refractivity contribution >= 4 is 11.8 Å². The fraction of sp³-hybridized carbons (Fsp3) is 0.600. The second-order valence-corrected chi connectivity index (χ2v) is 6.83. The predicted octanol–water partition coefficient (Wildman–Crippen LogP) is 3.10. The summed E-state index contributed by atoms with van der Waals surface area (Å²) in [5.41, 5.74) is 3.47. The molecule has 1 heterocycles. The van der Waals surface area contributed by atoms with Crippen molar-refractivity contribution in [3.8, 4) is 0 Å². The summed E-state index contributed by atoms with van der Waals surface area (Å²) >= 11 is 0. The van der Waals surface area contributed by atoms with Gasteiger partial charge in [-0.25, -0.2) is 0 Å². The molecule has 1 aromatic carbocycles. The van der Waals surface area contributed by atoms with Gasteiger partial charge in [0.1, 0.15) is 0 Å². The number of hydrogen-bond acceptors (Lipinski definition) is 2. The minimum atomic E-state index is 0.173. The normalized spacial score (nSPS) is 15.3. The summed E-state index contributed by atoms with van der Waals surface area (Å²) in [7, 11) is 0. The lowest BCUT2D eigenvalue weighted by molar-refractivity contribution is -0.133. The van der Waals surface area contributed by atoms with Crippen molar-refractivity contribution in [3.05, 3.63) is 34.9 Å². The van der Waals surface area contributed by atoms with E-state index in [2.05, 4.69) is 39.0 Å². The number of amides is 2. The van der Waals surface area contributed by atoms with Crippen LogP contribution in [0.25, 0.3) is 0 Å². The number of rotatable bonds is 5. The topological polar surface area (TPSA) is 40.6 Å². The first kappa shape index (κ1) is 18.5. The summed E-state index contributed by atoms with van der Waals surface area (Å²) in [5, 5.41) is 0. The van der Waals surface area contributed by atoms with Gasteiger partial charge in [-0.1, -0.05) is 37.1 Å². The highest BCUT2D eigenvalue weighted by atomic mass is 16.2. The van der Waals surface area contributed by atoms with E-state index in [1.807, 2.05) is 9.80 Å². The molecule has 0 unspecified atom stereocenters. The number of unbranched alkanes of at least 4 members (excludes halogenated alkanes) is 1. The van der Waals surface area contributed by atoms with Crippen molar-refractivity contribution in [2.75, 3.05) is 26.2 Å². The van der Waals surface area contributed by atoms with Gasteiger partial charge < -0.3 is 9.80 Å². The fourth-order valence-electron chi connectivity index (χ4n) is 3.17. The first-order chi connectivity index (χ1) is 11.5. The van der Waals surface area contributed by atoms with Gasteiger partial charge in [0.2, 0.25) is 11.8 Å². The van der Waals surface area contributed by atoms with Crippen LogP contribution in [0.3, 0.4) is 0 Å². The van der Waals surface area contributed by atoms with Crippen LogP contribution in [-0.4, -0.2) is 47.8 Å². The molecule has 0 radical (unpaired) electrons. The van der Waals surface area contributed by atoms with Crippen LogP contribution in [-0.2, 0) is 16.0 Å². The Kier molecular flexibility index (Phi) is 6.83. The molecule has 132 valence electrons. The fourth-order valence-corrected chi connectivity index (χ4v) is 3.17. The number of hydrogen-bond donors (Lipinski definition) is 0. The van der Waals surface area contributed by atoms with Gasteiger partial charge in [-0.15, -0.1) is 0 Å². The number of carbonyl (C=O) groups excluding carboxylic acids is 2. The first-order valence-electron chi connectivity index (χ1n) is 9.13. The summed E-state index contributed by atoms with van der Waals surface area (Å²) in [5.74, 6) is 0.409. The Morgan fingerprint density at radius 3 is 2.33 bits per heavy atom. The summed E-state index contributed by atoms with van der Waals surface area (Å²) < 4.78 is 0. The first-order valence-corrected chi connectivity index (χ1v) is 9.13. The van der Waals surface area contributed by atoms with E-state index in [0.717, 1.165) is 37.9 Å². The van der Waals surface area contributed by atoms with Crippen molar-refractivity contribution in [1.29, 1.82) is 0 Å². The molecule has 2 amide bonds. The highest BCUT2D eigenvalue weighted by Crippen LogP contribution is 2.14. The molecule has 1 aliphatic heterocycles. The average Bonchev–Trinajstić information content (AvgIpc) is 2.82. The molecule has 0 atom stereocenters. The van der Waals surface area contributed by atoms with Crippen LogP contribution in [0.15, 0.2) is 18.2 Å². The second kappa shape index (κ2) is 8.86. The summed E-state index contributed by atoms with van der Waals surface area (Å²) in [6.45, 7) is 9.06. The number of aryl methyl sites for hydroxylation is 2. The molecule has 4 heteroatoms. The smallest absolute Gasteiger partial charge is 0.227 e. The molecule has 2 rings (SSSR count). The van der Waals surface area contributed by atoms with E-state index < -0.39 is 0 Å². The van der Waals surface area contributed by atoms with E-state index in [9.17, 15) is 9.59 Å². The Bertz CT molecular complexity index is 583. The highest BCUT2D eigenvalue weighted by Gasteiger charge is 2.22. The zero-order chi connectivity index (χ0) is 17.5. The lowest BCUT2D eigenvalue weighted by Crippen LogP contribution is -2.38. The number of nitrogens with zero attached hydrogens (tertiary/aromatic N) is 2. The van der Waals surface area contributed by atoms with Gasteiger partial charge in [0.05, 0.1) is 6.42 Å². The van der Waals surface area contributed by atoms with Crippen LogP contribution < -0.4 is 0 Å². The van der Waals surface area contributed by atoms with Crippen LogP contribution in [0.1, 0.15) is 49.3 Å². The monoisotopic (exact) mass is 330 g/mol. The zero-order valence-corrected chi connectivity index (χ0v) is 15.3. The van der Waals surface area contributed by atoms with Gasteiger partial charge in [0.25, 0.3) is 0 Å². The molecule has 24 heavy (non-hydrogen) atoms. The molecule has 4 nitrogen and oxygen atoms in total. The maximum absolute atomic E-state index is 12.7. The number of benzene rings is 1. The third-order valence-electron chi connectivity index (χ3n) is 4.79.